The molecule has 0 spiro atoms. The summed E-state index contributed by atoms with van der Waals surface area (Å²) in [7, 11) is 0. The quantitative estimate of drug-likeness (QED) is 0.863. The molecule has 0 unspecified atom stereocenters. The molecule has 23 heavy (non-hydrogen) atoms. The van der Waals surface area contributed by atoms with Gasteiger partial charge in [-0.15, -0.1) is 0 Å². The number of nitrogens with zero attached hydrogens (tertiary/aromatic N) is 4. The van der Waals surface area contributed by atoms with Gasteiger partial charge >= 0.3 is 0 Å². The van der Waals surface area contributed by atoms with Crippen LogP contribution in [-0.2, 0) is 0 Å². The van der Waals surface area contributed by atoms with E-state index in [1.807, 2.05) is 24.0 Å². The Balaban J connectivity index is 1.62. The summed E-state index contributed by atoms with van der Waals surface area (Å²) in [4.78, 5) is 20.9. The van der Waals surface area contributed by atoms with Crippen molar-refractivity contribution < 1.29 is 9.32 Å². The van der Waals surface area contributed by atoms with Crippen molar-refractivity contribution in [3.63, 3.8) is 0 Å². The SMILES string of the molecule is Cc1noc([C@H](C)N2CCN(C(=O)c3ccccc3Cl)CC2)n1. The zero-order valence-corrected chi connectivity index (χ0v) is 14.0. The number of benzene rings is 1. The number of carbonyl (C=O) groups is 1. The number of carbonyl (C=O) groups excluding carboxylic acids is 1. The summed E-state index contributed by atoms with van der Waals surface area (Å²) < 4.78 is 5.24. The standard InChI is InChI=1S/C16H19ClN4O2/c1-11(15-18-12(2)19-23-15)20-7-9-21(10-8-20)16(22)13-5-3-4-6-14(13)17/h3-6,11H,7-10H2,1-2H3/t11-/m0/s1. The largest absolute Gasteiger partial charge is 0.338 e. The van der Waals surface area contributed by atoms with Crippen LogP contribution in [0, 0.1) is 6.92 Å². The van der Waals surface area contributed by atoms with Gasteiger partial charge in [0.1, 0.15) is 0 Å². The highest BCUT2D eigenvalue weighted by atomic mass is 35.5. The van der Waals surface area contributed by atoms with Crippen LogP contribution in [0.4, 0.5) is 0 Å². The molecule has 7 heteroatoms. The van der Waals surface area contributed by atoms with E-state index >= 15 is 0 Å². The molecule has 1 atom stereocenters. The molecular formula is C16H19ClN4O2. The average molecular weight is 335 g/mol. The molecule has 0 saturated carbocycles. The average Bonchev–Trinajstić information content (AvgIpc) is 3.01. The lowest BCUT2D eigenvalue weighted by atomic mass is 10.1. The van der Waals surface area contributed by atoms with Crippen LogP contribution in [0.1, 0.15) is 35.0 Å². The van der Waals surface area contributed by atoms with Gasteiger partial charge in [-0.05, 0) is 26.0 Å². The van der Waals surface area contributed by atoms with E-state index in [1.54, 1.807) is 19.1 Å². The predicted octanol–water partition coefficient (Wildman–Crippen LogP) is 2.55. The maximum atomic E-state index is 12.6. The molecule has 6 nitrogen and oxygen atoms in total. The summed E-state index contributed by atoms with van der Waals surface area (Å²) in [5, 5.41) is 4.33. The van der Waals surface area contributed by atoms with Gasteiger partial charge in [0.15, 0.2) is 5.82 Å². The van der Waals surface area contributed by atoms with Crippen LogP contribution < -0.4 is 0 Å². The van der Waals surface area contributed by atoms with Gasteiger partial charge in [0, 0.05) is 26.2 Å². The van der Waals surface area contributed by atoms with Crippen LogP contribution in [0.15, 0.2) is 28.8 Å². The third-order valence-corrected chi connectivity index (χ3v) is 4.48. The lowest BCUT2D eigenvalue weighted by Gasteiger charge is -2.36. The van der Waals surface area contributed by atoms with E-state index in [0.29, 0.717) is 35.4 Å². The molecule has 1 amide bonds. The van der Waals surface area contributed by atoms with E-state index in [9.17, 15) is 4.79 Å². The first-order valence-corrected chi connectivity index (χ1v) is 8.02. The Hall–Kier alpha value is -1.92. The second-order valence-electron chi connectivity index (χ2n) is 5.66. The third kappa shape index (κ3) is 3.38. The number of piperazine rings is 1. The number of hydrogen-bond acceptors (Lipinski definition) is 5. The minimum absolute atomic E-state index is 0.0171. The van der Waals surface area contributed by atoms with Crippen molar-refractivity contribution in [1.82, 2.24) is 19.9 Å². The molecule has 1 aromatic heterocycles. The summed E-state index contributed by atoms with van der Waals surface area (Å²) in [5.74, 6) is 1.24. The summed E-state index contributed by atoms with van der Waals surface area (Å²) in [6.07, 6.45) is 0. The van der Waals surface area contributed by atoms with Gasteiger partial charge in [-0.25, -0.2) is 0 Å². The molecule has 2 aromatic rings. The number of amides is 1. The molecule has 0 radical (unpaired) electrons. The van der Waals surface area contributed by atoms with E-state index in [4.69, 9.17) is 16.1 Å². The van der Waals surface area contributed by atoms with E-state index in [0.717, 1.165) is 13.1 Å². The number of hydrogen-bond donors (Lipinski definition) is 0. The monoisotopic (exact) mass is 334 g/mol. The second-order valence-corrected chi connectivity index (χ2v) is 6.07. The maximum absolute atomic E-state index is 12.6. The summed E-state index contributed by atoms with van der Waals surface area (Å²) in [6.45, 7) is 6.68. The maximum Gasteiger partial charge on any atom is 0.255 e. The highest BCUT2D eigenvalue weighted by molar-refractivity contribution is 6.33. The van der Waals surface area contributed by atoms with Gasteiger partial charge in [0.25, 0.3) is 5.91 Å². The lowest BCUT2D eigenvalue weighted by molar-refractivity contribution is 0.0552. The Kier molecular flexibility index (Phi) is 4.63. The molecule has 0 aliphatic carbocycles. The highest BCUT2D eigenvalue weighted by Gasteiger charge is 2.28. The van der Waals surface area contributed by atoms with Gasteiger partial charge in [0.05, 0.1) is 16.6 Å². The summed E-state index contributed by atoms with van der Waals surface area (Å²) >= 11 is 6.11. The summed E-state index contributed by atoms with van der Waals surface area (Å²) in [5.41, 5.74) is 0.559. The zero-order chi connectivity index (χ0) is 16.4. The van der Waals surface area contributed by atoms with Crippen LogP contribution in [-0.4, -0.2) is 52.0 Å². The molecule has 1 aliphatic heterocycles. The minimum atomic E-state index is -0.0171. The van der Waals surface area contributed by atoms with E-state index in [1.165, 1.54) is 0 Å². The smallest absolute Gasteiger partial charge is 0.255 e. The van der Waals surface area contributed by atoms with E-state index < -0.39 is 0 Å². The molecule has 2 heterocycles. The minimum Gasteiger partial charge on any atom is -0.338 e. The van der Waals surface area contributed by atoms with Crippen LogP contribution >= 0.6 is 11.6 Å². The van der Waals surface area contributed by atoms with Crippen molar-refractivity contribution in [3.8, 4) is 0 Å². The van der Waals surface area contributed by atoms with Gasteiger partial charge in [0.2, 0.25) is 5.89 Å². The van der Waals surface area contributed by atoms with Gasteiger partial charge in [-0.3, -0.25) is 9.69 Å². The van der Waals surface area contributed by atoms with Gasteiger partial charge < -0.3 is 9.42 Å². The lowest BCUT2D eigenvalue weighted by Crippen LogP contribution is -2.49. The number of aromatic nitrogens is 2. The van der Waals surface area contributed by atoms with Crippen LogP contribution in [0.25, 0.3) is 0 Å². The van der Waals surface area contributed by atoms with Gasteiger partial charge in [-0.2, -0.15) is 4.98 Å². The van der Waals surface area contributed by atoms with Gasteiger partial charge in [-0.1, -0.05) is 28.9 Å². The fraction of sp³-hybridized carbons (Fsp3) is 0.438. The van der Waals surface area contributed by atoms with Crippen LogP contribution in [0.5, 0.6) is 0 Å². The molecule has 1 aliphatic rings. The normalized spacial score (nSPS) is 17.3. The fourth-order valence-electron chi connectivity index (χ4n) is 2.76. The Morgan fingerprint density at radius 3 is 2.57 bits per heavy atom. The molecule has 1 saturated heterocycles. The summed E-state index contributed by atoms with van der Waals surface area (Å²) in [6, 6.07) is 7.21. The Bertz CT molecular complexity index is 695. The second kappa shape index (κ2) is 6.68. The first kappa shape index (κ1) is 16.0. The molecule has 122 valence electrons. The molecule has 3 rings (SSSR count). The van der Waals surface area contributed by atoms with Crippen molar-refractivity contribution >= 4 is 17.5 Å². The molecule has 1 aromatic carbocycles. The van der Waals surface area contributed by atoms with Crippen molar-refractivity contribution in [2.75, 3.05) is 26.2 Å². The van der Waals surface area contributed by atoms with E-state index in [2.05, 4.69) is 15.0 Å². The van der Waals surface area contributed by atoms with Crippen molar-refractivity contribution in [1.29, 1.82) is 0 Å². The molecule has 0 bridgehead atoms. The predicted molar refractivity (Wildman–Crippen MR) is 86.4 cm³/mol. The van der Waals surface area contributed by atoms with Crippen molar-refractivity contribution in [2.24, 2.45) is 0 Å². The first-order chi connectivity index (χ1) is 11.1. The molecule has 1 fully saturated rings. The Labute approximate surface area is 140 Å². The number of halogens is 1. The Morgan fingerprint density at radius 1 is 1.26 bits per heavy atom. The topological polar surface area (TPSA) is 62.5 Å². The van der Waals surface area contributed by atoms with Crippen molar-refractivity contribution in [2.45, 2.75) is 19.9 Å². The van der Waals surface area contributed by atoms with Crippen molar-refractivity contribution in [3.05, 3.63) is 46.6 Å². The number of rotatable bonds is 3. The fourth-order valence-corrected chi connectivity index (χ4v) is 2.97. The third-order valence-electron chi connectivity index (χ3n) is 4.15. The van der Waals surface area contributed by atoms with Crippen LogP contribution in [0.3, 0.4) is 0 Å². The molecular weight excluding hydrogens is 316 g/mol. The zero-order valence-electron chi connectivity index (χ0n) is 13.2. The van der Waals surface area contributed by atoms with Crippen LogP contribution in [0.2, 0.25) is 5.02 Å². The first-order valence-electron chi connectivity index (χ1n) is 7.64. The Morgan fingerprint density at radius 2 is 1.96 bits per heavy atom. The number of aryl methyl sites for hydroxylation is 1. The molecule has 0 N–H and O–H groups in total. The highest BCUT2D eigenvalue weighted by Crippen LogP contribution is 2.22. The van der Waals surface area contributed by atoms with E-state index in [-0.39, 0.29) is 11.9 Å².